The van der Waals surface area contributed by atoms with Crippen LogP contribution in [-0.4, -0.2) is 22.8 Å². The van der Waals surface area contributed by atoms with Gasteiger partial charge in [0.05, 0.1) is 16.8 Å². The van der Waals surface area contributed by atoms with E-state index in [2.05, 4.69) is 31.2 Å². The van der Waals surface area contributed by atoms with Crippen LogP contribution < -0.4 is 0 Å². The molecule has 0 saturated carbocycles. The summed E-state index contributed by atoms with van der Waals surface area (Å²) in [6, 6.07) is 25.0. The summed E-state index contributed by atoms with van der Waals surface area (Å²) in [5.41, 5.74) is 5.68. The maximum Gasteiger partial charge on any atom is 0.339 e. The number of para-hydroxylation sites is 1. The lowest BCUT2D eigenvalue weighted by atomic mass is 10.00. The first-order chi connectivity index (χ1) is 18.5. The minimum absolute atomic E-state index is 0.193. The van der Waals surface area contributed by atoms with Gasteiger partial charge in [-0.2, -0.15) is 0 Å². The fourth-order valence-corrected chi connectivity index (χ4v) is 4.79. The number of carbonyl (C=O) groups is 2. The van der Waals surface area contributed by atoms with E-state index in [1.807, 2.05) is 50.2 Å². The normalized spacial score (nSPS) is 11.9. The second-order valence-electron chi connectivity index (χ2n) is 9.92. The largest absolute Gasteiger partial charge is 0.450 e. The van der Waals surface area contributed by atoms with Gasteiger partial charge in [-0.15, -0.1) is 0 Å². The molecule has 4 rings (SSSR count). The van der Waals surface area contributed by atoms with Gasteiger partial charge in [-0.1, -0.05) is 112 Å². The van der Waals surface area contributed by atoms with Crippen LogP contribution in [0.1, 0.15) is 84.2 Å². The Hall–Kier alpha value is -3.79. The molecule has 196 valence electrons. The highest BCUT2D eigenvalue weighted by Crippen LogP contribution is 2.28. The lowest BCUT2D eigenvalue weighted by molar-refractivity contribution is 0.0279. The Balaban J connectivity index is 1.60. The molecule has 0 unspecified atom stereocenters. The number of carbonyl (C=O) groups excluding carboxylic acids is 2. The third-order valence-corrected chi connectivity index (χ3v) is 7.05. The summed E-state index contributed by atoms with van der Waals surface area (Å²) in [5, 5.41) is 0.726. The average Bonchev–Trinajstić information content (AvgIpc) is 2.96. The Labute approximate surface area is 226 Å². The van der Waals surface area contributed by atoms with Gasteiger partial charge in [0.2, 0.25) is 5.78 Å². The van der Waals surface area contributed by atoms with Gasteiger partial charge in [0.1, 0.15) is 0 Å². The molecule has 1 atom stereocenters. The molecule has 0 amide bonds. The van der Waals surface area contributed by atoms with Gasteiger partial charge < -0.3 is 4.74 Å². The monoisotopic (exact) mass is 507 g/mol. The zero-order valence-electron chi connectivity index (χ0n) is 22.7. The van der Waals surface area contributed by atoms with Gasteiger partial charge in [-0.3, -0.25) is 4.79 Å². The van der Waals surface area contributed by atoms with E-state index in [0.717, 1.165) is 34.1 Å². The van der Waals surface area contributed by atoms with Crippen LogP contribution in [0.4, 0.5) is 0 Å². The zero-order chi connectivity index (χ0) is 26.9. The standard InChI is InChI=1S/C34H37NO3/c1-4-6-7-8-10-15-25-19-21-26(22-20-25)30-23-29(28-18-13-14-24(3)32(28)35-30)34(37)38-31(5-2)33(36)27-16-11-9-12-17-27/h9,11-14,16-23,31H,4-8,10,15H2,1-3H3/t31-/m0/s1. The number of ketones is 1. The highest BCUT2D eigenvalue weighted by Gasteiger charge is 2.25. The zero-order valence-corrected chi connectivity index (χ0v) is 22.7. The van der Waals surface area contributed by atoms with Crippen LogP contribution >= 0.6 is 0 Å². The molecule has 4 nitrogen and oxygen atoms in total. The van der Waals surface area contributed by atoms with Crippen molar-refractivity contribution in [1.82, 2.24) is 4.98 Å². The van der Waals surface area contributed by atoms with Crippen molar-refractivity contribution in [3.05, 3.63) is 101 Å². The Kier molecular flexibility index (Phi) is 9.42. The summed E-state index contributed by atoms with van der Waals surface area (Å²) in [6.45, 7) is 6.08. The van der Waals surface area contributed by atoms with Crippen molar-refractivity contribution < 1.29 is 14.3 Å². The van der Waals surface area contributed by atoms with Crippen LogP contribution in [0.25, 0.3) is 22.2 Å². The summed E-state index contributed by atoms with van der Waals surface area (Å²) in [5.74, 6) is -0.703. The van der Waals surface area contributed by atoms with E-state index in [4.69, 9.17) is 9.72 Å². The predicted molar refractivity (Wildman–Crippen MR) is 155 cm³/mol. The second-order valence-corrected chi connectivity index (χ2v) is 9.92. The number of rotatable bonds is 12. The topological polar surface area (TPSA) is 56.3 Å². The molecule has 4 heteroatoms. The Bertz CT molecular complexity index is 1380. The van der Waals surface area contributed by atoms with Crippen LogP contribution in [0, 0.1) is 6.92 Å². The molecular weight excluding hydrogens is 470 g/mol. The molecule has 0 radical (unpaired) electrons. The van der Waals surface area contributed by atoms with Crippen molar-refractivity contribution in [2.75, 3.05) is 0 Å². The first-order valence-electron chi connectivity index (χ1n) is 13.8. The third-order valence-electron chi connectivity index (χ3n) is 7.05. The second kappa shape index (κ2) is 13.1. The van der Waals surface area contributed by atoms with E-state index < -0.39 is 12.1 Å². The lowest BCUT2D eigenvalue weighted by Gasteiger charge is -2.17. The van der Waals surface area contributed by atoms with Crippen molar-refractivity contribution >= 4 is 22.7 Å². The van der Waals surface area contributed by atoms with E-state index in [0.29, 0.717) is 17.5 Å². The number of unbranched alkanes of at least 4 members (excludes halogenated alkanes) is 4. The molecule has 0 spiro atoms. The average molecular weight is 508 g/mol. The molecule has 0 fully saturated rings. The molecule has 0 saturated heterocycles. The van der Waals surface area contributed by atoms with Gasteiger partial charge in [0, 0.05) is 16.5 Å². The van der Waals surface area contributed by atoms with E-state index in [1.54, 1.807) is 18.2 Å². The number of benzene rings is 3. The number of aromatic nitrogens is 1. The van der Waals surface area contributed by atoms with E-state index in [-0.39, 0.29) is 5.78 Å². The maximum atomic E-state index is 13.5. The van der Waals surface area contributed by atoms with Gasteiger partial charge in [-0.25, -0.2) is 9.78 Å². The minimum Gasteiger partial charge on any atom is -0.450 e. The van der Waals surface area contributed by atoms with Gasteiger partial charge in [0.15, 0.2) is 6.10 Å². The van der Waals surface area contributed by atoms with Crippen LogP contribution in [0.3, 0.4) is 0 Å². The third kappa shape index (κ3) is 6.55. The summed E-state index contributed by atoms with van der Waals surface area (Å²) in [7, 11) is 0. The van der Waals surface area contributed by atoms with Crippen LogP contribution in [0.5, 0.6) is 0 Å². The van der Waals surface area contributed by atoms with Gasteiger partial charge in [-0.05, 0) is 43.4 Å². The highest BCUT2D eigenvalue weighted by atomic mass is 16.5. The molecule has 0 aliphatic heterocycles. The van der Waals surface area contributed by atoms with Crippen molar-refractivity contribution in [2.45, 2.75) is 71.8 Å². The molecule has 3 aromatic carbocycles. The van der Waals surface area contributed by atoms with E-state index >= 15 is 0 Å². The highest BCUT2D eigenvalue weighted by molar-refractivity contribution is 6.07. The molecule has 38 heavy (non-hydrogen) atoms. The SMILES string of the molecule is CCCCCCCc1ccc(-c2cc(C(=O)O[C@@H](CC)C(=O)c3ccccc3)c3cccc(C)c3n2)cc1. The molecule has 0 aliphatic carbocycles. The Morgan fingerprint density at radius 3 is 2.29 bits per heavy atom. The molecular formula is C34H37NO3. The number of pyridine rings is 1. The number of ether oxygens (including phenoxy) is 1. The molecule has 0 aliphatic rings. The van der Waals surface area contributed by atoms with E-state index in [9.17, 15) is 9.59 Å². The lowest BCUT2D eigenvalue weighted by Crippen LogP contribution is -2.27. The summed E-state index contributed by atoms with van der Waals surface area (Å²) in [4.78, 5) is 31.4. The number of hydrogen-bond donors (Lipinski definition) is 0. The number of aryl methyl sites for hydroxylation is 2. The first kappa shape index (κ1) is 27.3. The summed E-state index contributed by atoms with van der Waals surface area (Å²) < 4.78 is 5.82. The molecule has 0 bridgehead atoms. The van der Waals surface area contributed by atoms with Gasteiger partial charge in [0.25, 0.3) is 0 Å². The fraction of sp³-hybridized carbons (Fsp3) is 0.324. The quantitative estimate of drug-likeness (QED) is 0.109. The summed E-state index contributed by atoms with van der Waals surface area (Å²) >= 11 is 0. The Morgan fingerprint density at radius 1 is 0.842 bits per heavy atom. The molecule has 1 heterocycles. The van der Waals surface area contributed by atoms with Crippen molar-refractivity contribution in [1.29, 1.82) is 0 Å². The minimum atomic E-state index is -0.849. The maximum absolute atomic E-state index is 13.5. The van der Waals surface area contributed by atoms with Gasteiger partial charge >= 0.3 is 5.97 Å². The molecule has 4 aromatic rings. The van der Waals surface area contributed by atoms with E-state index in [1.165, 1.54) is 37.7 Å². The van der Waals surface area contributed by atoms with Crippen LogP contribution in [0.2, 0.25) is 0 Å². The first-order valence-corrected chi connectivity index (χ1v) is 13.8. The number of nitrogens with zero attached hydrogens (tertiary/aromatic N) is 1. The number of Topliss-reactive ketones (excluding diaryl/α,β-unsaturated/α-hetero) is 1. The molecule has 1 aromatic heterocycles. The van der Waals surface area contributed by atoms with Crippen molar-refractivity contribution in [3.63, 3.8) is 0 Å². The van der Waals surface area contributed by atoms with Crippen LogP contribution in [-0.2, 0) is 11.2 Å². The predicted octanol–water partition coefficient (Wildman–Crippen LogP) is 8.54. The fourth-order valence-electron chi connectivity index (χ4n) is 4.79. The number of esters is 1. The van der Waals surface area contributed by atoms with Crippen LogP contribution in [0.15, 0.2) is 78.9 Å². The Morgan fingerprint density at radius 2 is 1.58 bits per heavy atom. The number of hydrogen-bond acceptors (Lipinski definition) is 4. The van der Waals surface area contributed by atoms with Crippen molar-refractivity contribution in [2.24, 2.45) is 0 Å². The summed E-state index contributed by atoms with van der Waals surface area (Å²) in [6.07, 6.45) is 6.93. The smallest absolute Gasteiger partial charge is 0.339 e. The molecule has 0 N–H and O–H groups in total. The number of fused-ring (bicyclic) bond motifs is 1. The van der Waals surface area contributed by atoms with Crippen molar-refractivity contribution in [3.8, 4) is 11.3 Å².